The van der Waals surface area contributed by atoms with E-state index in [0.29, 0.717) is 17.5 Å². The zero-order valence-electron chi connectivity index (χ0n) is 16.3. The van der Waals surface area contributed by atoms with E-state index in [9.17, 15) is 4.79 Å². The molecule has 2 N–H and O–H groups in total. The molecule has 146 valence electrons. The van der Waals surface area contributed by atoms with Crippen LogP contribution in [-0.4, -0.2) is 42.5 Å². The van der Waals surface area contributed by atoms with E-state index in [4.69, 9.17) is 10.5 Å². The quantitative estimate of drug-likeness (QED) is 0.867. The van der Waals surface area contributed by atoms with Crippen LogP contribution >= 0.6 is 0 Å². The molecule has 1 amide bonds. The first kappa shape index (κ1) is 17.6. The highest BCUT2D eigenvalue weighted by atomic mass is 16.5. The van der Waals surface area contributed by atoms with Crippen molar-refractivity contribution in [3.8, 4) is 0 Å². The third kappa shape index (κ3) is 2.90. The van der Waals surface area contributed by atoms with Crippen molar-refractivity contribution in [1.29, 1.82) is 0 Å². The van der Waals surface area contributed by atoms with E-state index in [-0.39, 0.29) is 5.60 Å². The number of methoxy groups -OCH3 is 1. The van der Waals surface area contributed by atoms with Crippen molar-refractivity contribution >= 4 is 5.91 Å². The predicted octanol–water partition coefficient (Wildman–Crippen LogP) is 2.80. The van der Waals surface area contributed by atoms with Gasteiger partial charge < -0.3 is 15.4 Å². The second-order valence-electron chi connectivity index (χ2n) is 9.43. The van der Waals surface area contributed by atoms with E-state index in [1.54, 1.807) is 6.20 Å². The number of piperidine rings is 1. The summed E-state index contributed by atoms with van der Waals surface area (Å²) >= 11 is 0. The van der Waals surface area contributed by atoms with Crippen LogP contribution in [0.5, 0.6) is 0 Å². The Kier molecular flexibility index (Phi) is 4.28. The largest absolute Gasteiger partial charge is 0.373 e. The Balaban J connectivity index is 1.40. The third-order valence-electron chi connectivity index (χ3n) is 7.93. The highest BCUT2D eigenvalue weighted by Crippen LogP contribution is 2.55. The summed E-state index contributed by atoms with van der Waals surface area (Å²) in [4.78, 5) is 18.5. The van der Waals surface area contributed by atoms with Crippen molar-refractivity contribution in [1.82, 2.24) is 9.88 Å². The molecule has 1 saturated heterocycles. The van der Waals surface area contributed by atoms with E-state index in [2.05, 4.69) is 9.88 Å². The SMILES string of the molecule is COC1(c2ccnc(C(N)=O)c2)[C@@H]2CCC[C@H]1CN(C[C@H]1C[C@@H]3C[C@@H]3C1)C2. The Hall–Kier alpha value is -1.46. The van der Waals surface area contributed by atoms with Crippen LogP contribution in [-0.2, 0) is 10.3 Å². The molecule has 5 rings (SSSR count). The van der Waals surface area contributed by atoms with Crippen molar-refractivity contribution in [2.45, 2.75) is 44.1 Å². The first-order valence-electron chi connectivity index (χ1n) is 10.6. The number of hydrogen-bond donors (Lipinski definition) is 1. The molecule has 2 heterocycles. The number of ether oxygens (including phenoxy) is 1. The van der Waals surface area contributed by atoms with E-state index in [1.165, 1.54) is 45.1 Å². The second-order valence-corrected chi connectivity index (χ2v) is 9.43. The van der Waals surface area contributed by atoms with Crippen molar-refractivity contribution in [2.75, 3.05) is 26.7 Å². The Morgan fingerprint density at radius 3 is 2.59 bits per heavy atom. The number of carbonyl (C=O) groups is 1. The minimum atomic E-state index is -0.467. The first-order chi connectivity index (χ1) is 13.1. The lowest BCUT2D eigenvalue weighted by Gasteiger charge is -2.55. The van der Waals surface area contributed by atoms with Gasteiger partial charge in [-0.1, -0.05) is 6.42 Å². The molecule has 1 aromatic heterocycles. The van der Waals surface area contributed by atoms with Crippen LogP contribution in [0.1, 0.15) is 54.6 Å². The molecule has 0 radical (unpaired) electrons. The zero-order chi connectivity index (χ0) is 18.6. The van der Waals surface area contributed by atoms with Crippen LogP contribution in [0.25, 0.3) is 0 Å². The van der Waals surface area contributed by atoms with Gasteiger partial charge in [0, 0.05) is 44.8 Å². The summed E-state index contributed by atoms with van der Waals surface area (Å²) in [5.41, 5.74) is 6.61. The van der Waals surface area contributed by atoms with Crippen molar-refractivity contribution in [3.05, 3.63) is 29.6 Å². The highest BCUT2D eigenvalue weighted by Gasteiger charge is 2.54. The fourth-order valence-electron chi connectivity index (χ4n) is 6.76. The summed E-state index contributed by atoms with van der Waals surface area (Å²) in [5.74, 6) is 3.49. The summed E-state index contributed by atoms with van der Waals surface area (Å²) in [5, 5.41) is 0. The molecule has 5 heteroatoms. The van der Waals surface area contributed by atoms with Gasteiger partial charge in [0.05, 0.1) is 0 Å². The van der Waals surface area contributed by atoms with E-state index in [0.717, 1.165) is 36.4 Å². The molecule has 1 aromatic rings. The standard InChI is InChI=1S/C22H31N3O2/c1-27-22(17-5-6-24-20(10-17)21(23)26)18-3-2-4-19(22)13-25(12-18)11-14-7-15-9-16(15)8-14/h5-6,10,14-16,18-19H,2-4,7-9,11-13H2,1H3,(H2,23,26)/t14-,15+,16-,18-,19+,22?. The molecule has 2 bridgehead atoms. The summed E-state index contributed by atoms with van der Waals surface area (Å²) in [7, 11) is 1.84. The average molecular weight is 370 g/mol. The second kappa shape index (κ2) is 6.56. The number of likely N-dealkylation sites (tertiary alicyclic amines) is 1. The van der Waals surface area contributed by atoms with Crippen LogP contribution in [0.2, 0.25) is 0 Å². The Morgan fingerprint density at radius 2 is 1.96 bits per heavy atom. The number of fused-ring (bicyclic) bond motifs is 3. The lowest BCUT2D eigenvalue weighted by atomic mass is 9.62. The van der Waals surface area contributed by atoms with Gasteiger partial charge in [0.1, 0.15) is 11.3 Å². The molecule has 1 aliphatic heterocycles. The fourth-order valence-corrected chi connectivity index (χ4v) is 6.76. The molecule has 4 aliphatic rings. The molecule has 1 unspecified atom stereocenters. The van der Waals surface area contributed by atoms with Gasteiger partial charge in [-0.25, -0.2) is 0 Å². The molecule has 3 saturated carbocycles. The molecule has 3 aliphatic carbocycles. The Morgan fingerprint density at radius 1 is 1.26 bits per heavy atom. The number of nitrogens with two attached hydrogens (primary N) is 1. The lowest BCUT2D eigenvalue weighted by Crippen LogP contribution is -2.59. The number of pyridine rings is 1. The normalized spacial score (nSPS) is 40.6. The smallest absolute Gasteiger partial charge is 0.267 e. The van der Waals surface area contributed by atoms with Gasteiger partial charge in [0.25, 0.3) is 5.91 Å². The van der Waals surface area contributed by atoms with Crippen molar-refractivity contribution < 1.29 is 9.53 Å². The number of nitrogens with zero attached hydrogens (tertiary/aromatic N) is 2. The number of carbonyl (C=O) groups excluding carboxylic acids is 1. The van der Waals surface area contributed by atoms with Gasteiger partial charge >= 0.3 is 0 Å². The molecular formula is C22H31N3O2. The number of hydrogen-bond acceptors (Lipinski definition) is 4. The third-order valence-corrected chi connectivity index (χ3v) is 7.93. The molecule has 5 nitrogen and oxygen atoms in total. The minimum Gasteiger partial charge on any atom is -0.373 e. The van der Waals surface area contributed by atoms with Crippen molar-refractivity contribution in [3.63, 3.8) is 0 Å². The number of amides is 1. The van der Waals surface area contributed by atoms with Crippen LogP contribution in [0.15, 0.2) is 18.3 Å². The molecule has 4 fully saturated rings. The Labute approximate surface area is 161 Å². The molecule has 6 atom stereocenters. The predicted molar refractivity (Wildman–Crippen MR) is 103 cm³/mol. The van der Waals surface area contributed by atoms with Crippen LogP contribution < -0.4 is 5.73 Å². The summed E-state index contributed by atoms with van der Waals surface area (Å²) < 4.78 is 6.30. The summed E-state index contributed by atoms with van der Waals surface area (Å²) in [6.45, 7) is 3.47. The molecule has 27 heavy (non-hydrogen) atoms. The van der Waals surface area contributed by atoms with Gasteiger partial charge in [-0.2, -0.15) is 0 Å². The van der Waals surface area contributed by atoms with Gasteiger partial charge in [0.2, 0.25) is 0 Å². The van der Waals surface area contributed by atoms with E-state index >= 15 is 0 Å². The zero-order valence-corrected chi connectivity index (χ0v) is 16.3. The summed E-state index contributed by atoms with van der Waals surface area (Å²) in [6, 6.07) is 3.90. The molecular weight excluding hydrogens is 338 g/mol. The number of aromatic nitrogens is 1. The van der Waals surface area contributed by atoms with Crippen LogP contribution in [0.3, 0.4) is 0 Å². The molecule has 0 spiro atoms. The average Bonchev–Trinajstić information content (AvgIpc) is 3.27. The maximum Gasteiger partial charge on any atom is 0.267 e. The molecule has 0 aromatic carbocycles. The lowest BCUT2D eigenvalue weighted by molar-refractivity contribution is -0.170. The Bertz CT molecular complexity index is 712. The van der Waals surface area contributed by atoms with Crippen LogP contribution in [0.4, 0.5) is 0 Å². The van der Waals surface area contributed by atoms with Crippen LogP contribution in [0, 0.1) is 29.6 Å². The van der Waals surface area contributed by atoms with Crippen molar-refractivity contribution in [2.24, 2.45) is 35.3 Å². The van der Waals surface area contributed by atoms with Gasteiger partial charge in [-0.3, -0.25) is 9.78 Å². The van der Waals surface area contributed by atoms with E-state index < -0.39 is 5.91 Å². The monoisotopic (exact) mass is 369 g/mol. The minimum absolute atomic E-state index is 0.306. The van der Waals surface area contributed by atoms with Gasteiger partial charge in [0.15, 0.2) is 0 Å². The number of rotatable bonds is 5. The number of primary amides is 1. The summed E-state index contributed by atoms with van der Waals surface area (Å²) in [6.07, 6.45) is 9.77. The first-order valence-corrected chi connectivity index (χ1v) is 10.6. The maximum absolute atomic E-state index is 11.7. The highest BCUT2D eigenvalue weighted by molar-refractivity contribution is 5.90. The topological polar surface area (TPSA) is 68.5 Å². The maximum atomic E-state index is 11.7. The fraction of sp³-hybridized carbons (Fsp3) is 0.727. The van der Waals surface area contributed by atoms with Gasteiger partial charge in [-0.05, 0) is 67.6 Å². The van der Waals surface area contributed by atoms with E-state index in [1.807, 2.05) is 19.2 Å². The van der Waals surface area contributed by atoms with Gasteiger partial charge in [-0.15, -0.1) is 0 Å².